The second kappa shape index (κ2) is 107. The molecule has 13 nitrogen and oxygen atoms in total. The van der Waals surface area contributed by atoms with Crippen molar-refractivity contribution < 1.29 is 62.0 Å². The summed E-state index contributed by atoms with van der Waals surface area (Å²) in [4.78, 5) is 74.9. The molecule has 586 valence electrons. The predicted octanol–water partition coefficient (Wildman–Crippen LogP) is 25.8. The van der Waals surface area contributed by atoms with E-state index in [1.165, 1.54) is 311 Å². The minimum absolute atomic E-state index is 0.00648. The number of carbonyl (C=O) groups excluding carboxylic acids is 7. The zero-order chi connectivity index (χ0) is 75.1. The minimum atomic E-state index is -0.439. The standard InChI is InChI=1S/C20H40O2.C14H28O2.C13H26O2.C12H22O2.C10H18O2.C10H16O2.C7H14O/c1-3-5-6-7-8-9-10-11-12-13-14-15-16-17-18-19-20(21)22-4-2;1-3-5-7-9-10-12-14(15)16-13-11-8-6-4-2;1-3-4-5-6-7-8-9-10-11-12-13(14)15-2;1-3-4-5-6-7-8-9-10-11-12(13)14-2;2*1-3-4-5-6-7-8-9-10(11)12-2;1-2-3-4-5-6-7-8/h3-19H2,1-2H3;3-13H2,1-2H3;3-12H2,1-2H3;3H,1,4-11H2,2H3;8-9H,3-7H2,1-2H3;3-7H2,1-2H3;7H,2-6H2,1H3. The first kappa shape index (κ1) is 108. The largest absolute Gasteiger partial charge is 0.469 e. The second-order valence-electron chi connectivity index (χ2n) is 26.0. The van der Waals surface area contributed by atoms with Crippen molar-refractivity contribution in [2.45, 2.75) is 434 Å². The molecule has 0 amide bonds. The summed E-state index contributed by atoms with van der Waals surface area (Å²) >= 11 is 0. The molecule has 0 atom stereocenters. The van der Waals surface area contributed by atoms with Gasteiger partial charge in [-0.05, 0) is 77.6 Å². The van der Waals surface area contributed by atoms with Crippen molar-refractivity contribution in [2.75, 3.05) is 41.7 Å². The highest BCUT2D eigenvalue weighted by molar-refractivity contribution is 5.88. The number of rotatable bonds is 62. The van der Waals surface area contributed by atoms with Gasteiger partial charge in [0.2, 0.25) is 0 Å². The fourth-order valence-corrected chi connectivity index (χ4v) is 10.00. The Labute approximate surface area is 613 Å². The van der Waals surface area contributed by atoms with Crippen LogP contribution in [0.4, 0.5) is 0 Å². The molecule has 0 aromatic carbocycles. The van der Waals surface area contributed by atoms with Gasteiger partial charge >= 0.3 is 35.8 Å². The van der Waals surface area contributed by atoms with Gasteiger partial charge in [0.15, 0.2) is 0 Å². The molecule has 0 aromatic rings. The van der Waals surface area contributed by atoms with Crippen LogP contribution in [0.3, 0.4) is 0 Å². The molecule has 0 fully saturated rings. The Bertz CT molecular complexity index is 1700. The molecule has 0 N–H and O–H groups in total. The van der Waals surface area contributed by atoms with Crippen LogP contribution in [0, 0.1) is 11.8 Å². The second-order valence-corrected chi connectivity index (χ2v) is 26.0. The first-order chi connectivity index (χ1) is 48.3. The van der Waals surface area contributed by atoms with E-state index in [1.54, 1.807) is 0 Å². The van der Waals surface area contributed by atoms with Gasteiger partial charge in [0.1, 0.15) is 6.29 Å². The summed E-state index contributed by atoms with van der Waals surface area (Å²) in [5, 5.41) is 0. The fraction of sp³-hybridized carbons (Fsp3) is 0.849. The number of methoxy groups -OCH3 is 4. The van der Waals surface area contributed by atoms with E-state index in [-0.39, 0.29) is 29.8 Å². The number of esters is 6. The van der Waals surface area contributed by atoms with Crippen LogP contribution in [0.5, 0.6) is 0 Å². The van der Waals surface area contributed by atoms with Crippen molar-refractivity contribution in [1.82, 2.24) is 0 Å². The molecule has 0 saturated heterocycles. The molecular weight excluding hydrogens is 1240 g/mol. The Morgan fingerprint density at radius 1 is 0.313 bits per heavy atom. The van der Waals surface area contributed by atoms with Crippen LogP contribution >= 0.6 is 0 Å². The third-order valence-electron chi connectivity index (χ3n) is 16.4. The van der Waals surface area contributed by atoms with E-state index < -0.39 is 5.97 Å². The topological polar surface area (TPSA) is 175 Å². The molecule has 0 aliphatic rings. The molecule has 0 heterocycles. The molecule has 0 unspecified atom stereocenters. The average molecular weight is 1410 g/mol. The summed E-state index contributed by atoms with van der Waals surface area (Å²) < 4.78 is 28.0. The minimum Gasteiger partial charge on any atom is -0.469 e. The first-order valence-electron chi connectivity index (χ1n) is 41.1. The highest BCUT2D eigenvalue weighted by Crippen LogP contribution is 2.16. The molecule has 13 heteroatoms. The number of hydrogen-bond acceptors (Lipinski definition) is 13. The number of unbranched alkanes of at least 4 members (excludes halogenated alkanes) is 47. The van der Waals surface area contributed by atoms with E-state index in [0.29, 0.717) is 38.9 Å². The quantitative estimate of drug-likeness (QED) is 0.00823. The molecule has 99 heavy (non-hydrogen) atoms. The molecule has 0 aliphatic heterocycles. The Kier molecular flexibility index (Phi) is 117. The highest BCUT2D eigenvalue weighted by atomic mass is 16.5. The van der Waals surface area contributed by atoms with E-state index in [1.807, 2.05) is 19.1 Å². The molecule has 0 saturated carbocycles. The third-order valence-corrected chi connectivity index (χ3v) is 16.4. The van der Waals surface area contributed by atoms with Gasteiger partial charge in [-0.1, -0.05) is 336 Å². The molecule has 0 aliphatic carbocycles. The lowest BCUT2D eigenvalue weighted by Gasteiger charge is -2.04. The number of carbonyl (C=O) groups is 7. The lowest BCUT2D eigenvalue weighted by Crippen LogP contribution is -2.05. The van der Waals surface area contributed by atoms with E-state index in [9.17, 15) is 33.6 Å². The normalized spacial score (nSPS) is 10.1. The van der Waals surface area contributed by atoms with Crippen molar-refractivity contribution in [3.05, 3.63) is 24.8 Å². The number of aldehydes is 1. The van der Waals surface area contributed by atoms with E-state index in [4.69, 9.17) is 9.47 Å². The van der Waals surface area contributed by atoms with Crippen LogP contribution < -0.4 is 0 Å². The van der Waals surface area contributed by atoms with Gasteiger partial charge in [0, 0.05) is 50.5 Å². The molecule has 0 spiro atoms. The highest BCUT2D eigenvalue weighted by Gasteiger charge is 2.04. The predicted molar refractivity (Wildman–Crippen MR) is 421 cm³/mol. The van der Waals surface area contributed by atoms with Gasteiger partial charge in [-0.25, -0.2) is 9.59 Å². The summed E-state index contributed by atoms with van der Waals surface area (Å²) in [5.74, 6) is 4.28. The Hall–Kier alpha value is -4.47. The average Bonchev–Trinajstić information content (AvgIpc) is 3.81. The Morgan fingerprint density at radius 3 is 0.929 bits per heavy atom. The van der Waals surface area contributed by atoms with Gasteiger partial charge in [0.05, 0.1) is 41.7 Å². The van der Waals surface area contributed by atoms with Crippen molar-refractivity contribution in [3.63, 3.8) is 0 Å². The summed E-state index contributed by atoms with van der Waals surface area (Å²) in [6, 6.07) is 0. The van der Waals surface area contributed by atoms with Gasteiger partial charge in [-0.2, -0.15) is 0 Å². The number of allylic oxidation sites excluding steroid dienone is 2. The first-order valence-corrected chi connectivity index (χ1v) is 41.1. The maximum absolute atomic E-state index is 11.3. The van der Waals surface area contributed by atoms with Crippen LogP contribution in [0.15, 0.2) is 24.8 Å². The fourth-order valence-electron chi connectivity index (χ4n) is 10.00. The zero-order valence-corrected chi connectivity index (χ0v) is 67.5. The molecule has 0 aromatic heterocycles. The van der Waals surface area contributed by atoms with Gasteiger partial charge in [0.25, 0.3) is 0 Å². The Morgan fingerprint density at radius 2 is 0.606 bits per heavy atom. The number of ether oxygens (including phenoxy) is 6. The monoisotopic (exact) mass is 1410 g/mol. The zero-order valence-electron chi connectivity index (χ0n) is 67.5. The lowest BCUT2D eigenvalue weighted by molar-refractivity contribution is -0.144. The van der Waals surface area contributed by atoms with Crippen LogP contribution in [0.1, 0.15) is 434 Å². The van der Waals surface area contributed by atoms with Crippen molar-refractivity contribution in [2.24, 2.45) is 0 Å². The van der Waals surface area contributed by atoms with Gasteiger partial charge in [-0.15, -0.1) is 6.58 Å². The smallest absolute Gasteiger partial charge is 0.384 e. The SMILES string of the molecule is C=CCCCCCCCCC(=O)OC.CCCCCCC#CC(=O)OC.CCCCCCC=CC(=O)OC.CCCCCCC=O.CCCCCCCC(=O)OCCCCCC.CCCCCCCCCCCC(=O)OC.CCCCCCCCCCCCCCCCCC(=O)OCC. The van der Waals surface area contributed by atoms with Crippen LogP contribution in [-0.2, 0) is 62.0 Å². The molecular formula is C86H164O13. The van der Waals surface area contributed by atoms with E-state index in [0.717, 1.165) is 83.3 Å². The lowest BCUT2D eigenvalue weighted by atomic mass is 10.0. The summed E-state index contributed by atoms with van der Waals surface area (Å²) in [7, 11) is 5.63. The van der Waals surface area contributed by atoms with Crippen LogP contribution in [0.25, 0.3) is 0 Å². The number of hydrogen-bond donors (Lipinski definition) is 0. The third kappa shape index (κ3) is 124. The van der Waals surface area contributed by atoms with Crippen LogP contribution in [-0.4, -0.2) is 83.8 Å². The van der Waals surface area contributed by atoms with Crippen molar-refractivity contribution >= 4 is 42.1 Å². The van der Waals surface area contributed by atoms with E-state index >= 15 is 0 Å². The van der Waals surface area contributed by atoms with Crippen LogP contribution in [0.2, 0.25) is 0 Å². The molecule has 0 radical (unpaired) electrons. The molecule has 0 rings (SSSR count). The van der Waals surface area contributed by atoms with Gasteiger partial charge < -0.3 is 33.2 Å². The maximum Gasteiger partial charge on any atom is 0.384 e. The Balaban J connectivity index is -0.000000203. The summed E-state index contributed by atoms with van der Waals surface area (Å²) in [5.41, 5.74) is 0. The van der Waals surface area contributed by atoms with Crippen molar-refractivity contribution in [3.8, 4) is 11.8 Å². The summed E-state index contributed by atoms with van der Waals surface area (Å²) in [6.07, 6.45) is 76.6. The summed E-state index contributed by atoms with van der Waals surface area (Å²) in [6.45, 7) is 22.1. The van der Waals surface area contributed by atoms with Crippen molar-refractivity contribution in [1.29, 1.82) is 0 Å². The van der Waals surface area contributed by atoms with Gasteiger partial charge in [-0.3, -0.25) is 19.2 Å². The van der Waals surface area contributed by atoms with E-state index in [2.05, 4.69) is 85.8 Å². The maximum atomic E-state index is 11.3. The molecule has 0 bridgehead atoms.